The third-order valence-corrected chi connectivity index (χ3v) is 4.18. The largest absolute Gasteiger partial charge is 0.465 e. The Kier molecular flexibility index (Phi) is 5.10. The summed E-state index contributed by atoms with van der Waals surface area (Å²) in [6, 6.07) is 5.97. The van der Waals surface area contributed by atoms with Crippen LogP contribution < -0.4 is 0 Å². The van der Waals surface area contributed by atoms with Gasteiger partial charge in [0.2, 0.25) is 0 Å². The summed E-state index contributed by atoms with van der Waals surface area (Å²) in [6.07, 6.45) is 3.42. The van der Waals surface area contributed by atoms with Crippen LogP contribution in [0.4, 0.5) is 4.39 Å². The van der Waals surface area contributed by atoms with Gasteiger partial charge in [0.1, 0.15) is 11.6 Å². The first-order valence-corrected chi connectivity index (χ1v) is 7.53. The van der Waals surface area contributed by atoms with E-state index >= 15 is 0 Å². The maximum absolute atomic E-state index is 13.1. The molecule has 1 aliphatic rings. The molecule has 3 nitrogen and oxygen atoms in total. The Morgan fingerprint density at radius 2 is 1.86 bits per heavy atom. The highest BCUT2D eigenvalue weighted by Crippen LogP contribution is 2.39. The SMILES string of the molecule is CCCCOC(=O)C1(c2ccc(F)cc2)CCC(=O)CC1. The molecule has 1 saturated carbocycles. The van der Waals surface area contributed by atoms with Gasteiger partial charge in [-0.05, 0) is 37.0 Å². The molecule has 0 spiro atoms. The molecule has 0 saturated heterocycles. The fourth-order valence-electron chi connectivity index (χ4n) is 2.78. The first kappa shape index (κ1) is 15.7. The van der Waals surface area contributed by atoms with Crippen molar-refractivity contribution >= 4 is 11.8 Å². The van der Waals surface area contributed by atoms with E-state index in [0.29, 0.717) is 32.3 Å². The van der Waals surface area contributed by atoms with Gasteiger partial charge in [-0.15, -0.1) is 0 Å². The normalized spacial score (nSPS) is 17.5. The van der Waals surface area contributed by atoms with E-state index in [1.165, 1.54) is 12.1 Å². The average Bonchev–Trinajstić information content (AvgIpc) is 2.49. The highest BCUT2D eigenvalue weighted by molar-refractivity contribution is 5.88. The molecule has 4 heteroatoms. The van der Waals surface area contributed by atoms with Gasteiger partial charge in [-0.25, -0.2) is 4.39 Å². The predicted octanol–water partition coefficient (Wildman–Crippen LogP) is 3.55. The van der Waals surface area contributed by atoms with Crippen molar-refractivity contribution in [3.8, 4) is 0 Å². The van der Waals surface area contributed by atoms with Gasteiger partial charge in [0, 0.05) is 12.8 Å². The summed E-state index contributed by atoms with van der Waals surface area (Å²) >= 11 is 0. The number of hydrogen-bond donors (Lipinski definition) is 0. The Bertz CT molecular complexity index is 497. The zero-order valence-electron chi connectivity index (χ0n) is 12.4. The number of Topliss-reactive ketones (excluding diaryl/α,β-unsaturated/α-hetero) is 1. The molecule has 1 aliphatic carbocycles. The number of benzene rings is 1. The predicted molar refractivity (Wildman–Crippen MR) is 77.4 cm³/mol. The molecule has 0 aliphatic heterocycles. The van der Waals surface area contributed by atoms with Gasteiger partial charge >= 0.3 is 5.97 Å². The van der Waals surface area contributed by atoms with Crippen LogP contribution >= 0.6 is 0 Å². The molecule has 21 heavy (non-hydrogen) atoms. The quantitative estimate of drug-likeness (QED) is 0.615. The molecule has 0 aromatic heterocycles. The minimum atomic E-state index is -0.796. The van der Waals surface area contributed by atoms with Crippen molar-refractivity contribution < 1.29 is 18.7 Å². The third-order valence-electron chi connectivity index (χ3n) is 4.18. The van der Waals surface area contributed by atoms with Gasteiger partial charge in [0.15, 0.2) is 0 Å². The molecule has 0 bridgehead atoms. The first-order valence-electron chi connectivity index (χ1n) is 7.53. The van der Waals surface area contributed by atoms with E-state index in [-0.39, 0.29) is 17.6 Å². The number of unbranched alkanes of at least 4 members (excludes halogenated alkanes) is 1. The Balaban J connectivity index is 2.24. The molecular formula is C17H21FO3. The van der Waals surface area contributed by atoms with Crippen molar-refractivity contribution in [3.63, 3.8) is 0 Å². The molecule has 1 aromatic rings. The van der Waals surface area contributed by atoms with Crippen molar-refractivity contribution in [2.45, 2.75) is 50.9 Å². The van der Waals surface area contributed by atoms with Crippen LogP contribution in [0.5, 0.6) is 0 Å². The number of carbonyl (C=O) groups is 2. The van der Waals surface area contributed by atoms with Crippen LogP contribution in [0.1, 0.15) is 51.0 Å². The number of ketones is 1. The number of hydrogen-bond acceptors (Lipinski definition) is 3. The van der Waals surface area contributed by atoms with Crippen LogP contribution in [0.2, 0.25) is 0 Å². The summed E-state index contributed by atoms with van der Waals surface area (Å²) < 4.78 is 18.5. The third kappa shape index (κ3) is 3.49. The van der Waals surface area contributed by atoms with Gasteiger partial charge in [-0.3, -0.25) is 9.59 Å². The molecule has 1 aromatic carbocycles. The van der Waals surface area contributed by atoms with Crippen LogP contribution in [0.3, 0.4) is 0 Å². The van der Waals surface area contributed by atoms with Crippen molar-refractivity contribution in [2.24, 2.45) is 0 Å². The Labute approximate surface area is 124 Å². The van der Waals surface area contributed by atoms with E-state index in [9.17, 15) is 14.0 Å². The summed E-state index contributed by atoms with van der Waals surface area (Å²) in [5, 5.41) is 0. The number of rotatable bonds is 5. The second kappa shape index (κ2) is 6.83. The van der Waals surface area contributed by atoms with E-state index in [0.717, 1.165) is 18.4 Å². The monoisotopic (exact) mass is 292 g/mol. The lowest BCUT2D eigenvalue weighted by Crippen LogP contribution is -2.41. The molecule has 2 rings (SSSR count). The molecule has 0 radical (unpaired) electrons. The second-order valence-electron chi connectivity index (χ2n) is 5.62. The summed E-state index contributed by atoms with van der Waals surface area (Å²) in [4.78, 5) is 24.1. The Morgan fingerprint density at radius 1 is 1.24 bits per heavy atom. The molecule has 114 valence electrons. The lowest BCUT2D eigenvalue weighted by Gasteiger charge is -2.34. The van der Waals surface area contributed by atoms with Crippen molar-refractivity contribution in [2.75, 3.05) is 6.61 Å². The van der Waals surface area contributed by atoms with Crippen LogP contribution in [-0.4, -0.2) is 18.4 Å². The number of ether oxygens (including phenoxy) is 1. The molecule has 0 heterocycles. The highest BCUT2D eigenvalue weighted by atomic mass is 19.1. The average molecular weight is 292 g/mol. The van der Waals surface area contributed by atoms with Crippen LogP contribution in [0.25, 0.3) is 0 Å². The number of halogens is 1. The minimum absolute atomic E-state index is 0.175. The Morgan fingerprint density at radius 3 is 2.43 bits per heavy atom. The van der Waals surface area contributed by atoms with E-state index in [2.05, 4.69) is 0 Å². The summed E-state index contributed by atoms with van der Waals surface area (Å²) in [6.45, 7) is 2.43. The maximum atomic E-state index is 13.1. The summed E-state index contributed by atoms with van der Waals surface area (Å²) in [5.74, 6) is -0.440. The Hall–Kier alpha value is -1.71. The van der Waals surface area contributed by atoms with Crippen molar-refractivity contribution in [1.82, 2.24) is 0 Å². The van der Waals surface area contributed by atoms with Gasteiger partial charge in [-0.1, -0.05) is 25.5 Å². The van der Waals surface area contributed by atoms with Crippen LogP contribution in [0.15, 0.2) is 24.3 Å². The van der Waals surface area contributed by atoms with E-state index in [1.54, 1.807) is 12.1 Å². The standard InChI is InChI=1S/C17H21FO3/c1-2-3-12-21-16(20)17(10-8-15(19)9-11-17)13-4-6-14(18)7-5-13/h4-7H,2-3,8-12H2,1H3. The molecule has 1 fully saturated rings. The van der Waals surface area contributed by atoms with Crippen LogP contribution in [0, 0.1) is 5.82 Å². The van der Waals surface area contributed by atoms with E-state index in [4.69, 9.17) is 4.74 Å². The van der Waals surface area contributed by atoms with Gasteiger partial charge < -0.3 is 4.74 Å². The van der Waals surface area contributed by atoms with Gasteiger partial charge in [0.05, 0.1) is 12.0 Å². The topological polar surface area (TPSA) is 43.4 Å². The minimum Gasteiger partial charge on any atom is -0.465 e. The fourth-order valence-corrected chi connectivity index (χ4v) is 2.78. The molecule has 0 unspecified atom stereocenters. The lowest BCUT2D eigenvalue weighted by molar-refractivity contribution is -0.152. The number of esters is 1. The van der Waals surface area contributed by atoms with Crippen molar-refractivity contribution in [3.05, 3.63) is 35.6 Å². The first-order chi connectivity index (χ1) is 10.1. The highest BCUT2D eigenvalue weighted by Gasteiger charge is 2.44. The van der Waals surface area contributed by atoms with E-state index < -0.39 is 5.41 Å². The van der Waals surface area contributed by atoms with E-state index in [1.807, 2.05) is 6.92 Å². The zero-order chi connectivity index (χ0) is 15.3. The second-order valence-corrected chi connectivity index (χ2v) is 5.62. The lowest BCUT2D eigenvalue weighted by atomic mass is 9.69. The fraction of sp³-hybridized carbons (Fsp3) is 0.529. The van der Waals surface area contributed by atoms with Crippen LogP contribution in [-0.2, 0) is 19.7 Å². The molecule has 0 atom stereocenters. The van der Waals surface area contributed by atoms with Gasteiger partial charge in [-0.2, -0.15) is 0 Å². The maximum Gasteiger partial charge on any atom is 0.316 e. The molecular weight excluding hydrogens is 271 g/mol. The zero-order valence-corrected chi connectivity index (χ0v) is 12.4. The summed E-state index contributed by atoms with van der Waals surface area (Å²) in [7, 11) is 0. The summed E-state index contributed by atoms with van der Waals surface area (Å²) in [5.41, 5.74) is -0.0482. The number of carbonyl (C=O) groups excluding carboxylic acids is 2. The van der Waals surface area contributed by atoms with Gasteiger partial charge in [0.25, 0.3) is 0 Å². The molecule has 0 amide bonds. The molecule has 0 N–H and O–H groups in total. The van der Waals surface area contributed by atoms with Crippen molar-refractivity contribution in [1.29, 1.82) is 0 Å². The smallest absolute Gasteiger partial charge is 0.316 e.